The summed E-state index contributed by atoms with van der Waals surface area (Å²) >= 11 is 6.46. The number of benzene rings is 4. The molecule has 0 atom stereocenters. The number of sulfone groups is 1. The first-order valence-electron chi connectivity index (χ1n) is 13.1. The molecule has 1 heterocycles. The van der Waals surface area contributed by atoms with Gasteiger partial charge in [-0.1, -0.05) is 92.2 Å². The first-order chi connectivity index (χ1) is 19.4. The van der Waals surface area contributed by atoms with Crippen molar-refractivity contribution in [3.8, 4) is 22.3 Å². The van der Waals surface area contributed by atoms with Gasteiger partial charge >= 0.3 is 6.18 Å². The van der Waals surface area contributed by atoms with E-state index < -0.39 is 21.6 Å². The van der Waals surface area contributed by atoms with E-state index in [2.05, 4.69) is 4.98 Å². The van der Waals surface area contributed by atoms with E-state index in [1.165, 1.54) is 18.3 Å². The van der Waals surface area contributed by atoms with Crippen LogP contribution in [0.5, 0.6) is 0 Å². The minimum Gasteiger partial charge on any atom is -0.255 e. The molecule has 210 valence electrons. The zero-order valence-electron chi connectivity index (χ0n) is 22.4. The lowest BCUT2D eigenvalue weighted by molar-refractivity contribution is -0.136. The highest BCUT2D eigenvalue weighted by Crippen LogP contribution is 2.40. The Balaban J connectivity index is 1.66. The molecule has 0 aliphatic rings. The molecule has 0 aliphatic carbocycles. The van der Waals surface area contributed by atoms with Gasteiger partial charge in [0.25, 0.3) is 0 Å². The Morgan fingerprint density at radius 3 is 2.20 bits per heavy atom. The molecule has 0 saturated carbocycles. The van der Waals surface area contributed by atoms with E-state index in [4.69, 9.17) is 11.6 Å². The van der Waals surface area contributed by atoms with E-state index in [0.717, 1.165) is 22.8 Å². The molecule has 0 N–H and O–H groups in total. The molecule has 3 nitrogen and oxygen atoms in total. The fourth-order valence-electron chi connectivity index (χ4n) is 5.10. The lowest BCUT2D eigenvalue weighted by Gasteiger charge is -2.17. The molecule has 0 radical (unpaired) electrons. The van der Waals surface area contributed by atoms with Crippen molar-refractivity contribution in [2.24, 2.45) is 5.92 Å². The van der Waals surface area contributed by atoms with Crippen LogP contribution in [0.4, 0.5) is 13.2 Å². The normalized spacial score (nSPS) is 12.3. The highest BCUT2D eigenvalue weighted by Gasteiger charge is 2.33. The maximum atomic E-state index is 13.9. The highest BCUT2D eigenvalue weighted by atomic mass is 35.5. The van der Waals surface area contributed by atoms with Crippen LogP contribution in [-0.2, 0) is 22.4 Å². The molecular formula is C33H27ClF3NO2S. The van der Waals surface area contributed by atoms with Crippen molar-refractivity contribution in [2.45, 2.75) is 31.3 Å². The monoisotopic (exact) mass is 593 g/mol. The van der Waals surface area contributed by atoms with Gasteiger partial charge in [-0.15, -0.1) is 0 Å². The number of halogens is 4. The van der Waals surface area contributed by atoms with Gasteiger partial charge in [0, 0.05) is 11.6 Å². The van der Waals surface area contributed by atoms with Gasteiger partial charge < -0.3 is 0 Å². The lowest BCUT2D eigenvalue weighted by Crippen LogP contribution is -2.12. The van der Waals surface area contributed by atoms with Gasteiger partial charge in [-0.25, -0.2) is 8.42 Å². The summed E-state index contributed by atoms with van der Waals surface area (Å²) in [6.45, 7) is 3.66. The maximum absolute atomic E-state index is 13.9. The Hall–Kier alpha value is -3.68. The molecular weight excluding hydrogens is 567 g/mol. The van der Waals surface area contributed by atoms with Crippen LogP contribution in [0.25, 0.3) is 33.2 Å². The van der Waals surface area contributed by atoms with Gasteiger partial charge in [-0.2, -0.15) is 13.2 Å². The molecule has 0 aliphatic heterocycles. The molecule has 8 heteroatoms. The van der Waals surface area contributed by atoms with E-state index >= 15 is 0 Å². The molecule has 0 spiro atoms. The Labute approximate surface area is 242 Å². The van der Waals surface area contributed by atoms with Crippen LogP contribution in [0.2, 0.25) is 5.02 Å². The van der Waals surface area contributed by atoms with Crippen molar-refractivity contribution in [3.63, 3.8) is 0 Å². The lowest BCUT2D eigenvalue weighted by atomic mass is 9.90. The van der Waals surface area contributed by atoms with Gasteiger partial charge in [0.05, 0.1) is 26.8 Å². The molecule has 5 rings (SSSR count). The van der Waals surface area contributed by atoms with E-state index in [-0.39, 0.29) is 27.1 Å². The predicted octanol–water partition coefficient (Wildman–Crippen LogP) is 9.26. The first kappa shape index (κ1) is 28.8. The van der Waals surface area contributed by atoms with Crippen molar-refractivity contribution in [3.05, 3.63) is 119 Å². The number of hydrogen-bond acceptors (Lipinski definition) is 3. The molecule has 0 unspecified atom stereocenters. The number of hydrogen-bond donors (Lipinski definition) is 0. The third-order valence-electron chi connectivity index (χ3n) is 6.82. The van der Waals surface area contributed by atoms with Crippen LogP contribution >= 0.6 is 11.6 Å². The second-order valence-corrected chi connectivity index (χ2v) is 12.8. The minimum absolute atomic E-state index is 0.0131. The highest BCUT2D eigenvalue weighted by molar-refractivity contribution is 7.91. The zero-order valence-corrected chi connectivity index (χ0v) is 24.0. The fourth-order valence-corrected chi connectivity index (χ4v) is 7.32. The third-order valence-corrected chi connectivity index (χ3v) is 9.38. The fraction of sp³-hybridized carbons (Fsp3) is 0.182. The number of alkyl halides is 3. The summed E-state index contributed by atoms with van der Waals surface area (Å²) in [5.41, 5.74) is 3.71. The summed E-state index contributed by atoms with van der Waals surface area (Å²) < 4.78 is 67.3. The molecule has 0 fully saturated rings. The summed E-state index contributed by atoms with van der Waals surface area (Å²) in [6, 6.07) is 26.1. The third kappa shape index (κ3) is 6.16. The summed E-state index contributed by atoms with van der Waals surface area (Å²) in [4.78, 5) is 4.36. The van der Waals surface area contributed by atoms with Gasteiger partial charge in [-0.05, 0) is 70.0 Å². The standard InChI is InChI=1S/C33H27ClF3NO2S/c1-21(2)20-41(39,40)30-15-14-24(18-29(30)34)23-10-6-11-25(17-23)31-26(16-22-8-4-3-5-9-22)19-38-32-27(31)12-7-13-28(32)33(35,36)37/h3-15,17-19,21H,16,20H2,1-2H3. The van der Waals surface area contributed by atoms with Crippen molar-refractivity contribution in [2.75, 3.05) is 5.75 Å². The molecule has 0 amide bonds. The van der Waals surface area contributed by atoms with E-state index in [9.17, 15) is 21.6 Å². The van der Waals surface area contributed by atoms with Crippen LogP contribution in [0.1, 0.15) is 30.5 Å². The van der Waals surface area contributed by atoms with Crippen LogP contribution in [0.15, 0.2) is 102 Å². The quantitative estimate of drug-likeness (QED) is 0.189. The summed E-state index contributed by atoms with van der Waals surface area (Å²) in [5.74, 6) is -0.0635. The summed E-state index contributed by atoms with van der Waals surface area (Å²) in [5, 5.41) is 0.529. The number of para-hydroxylation sites is 1. The SMILES string of the molecule is CC(C)CS(=O)(=O)c1ccc(-c2cccc(-c3c(Cc4ccccc4)cnc4c(C(F)(F)F)cccc34)c2)cc1Cl. The Bertz CT molecular complexity index is 1840. The maximum Gasteiger partial charge on any atom is 0.418 e. The van der Waals surface area contributed by atoms with Gasteiger partial charge in [0.15, 0.2) is 9.84 Å². The van der Waals surface area contributed by atoms with Crippen molar-refractivity contribution >= 4 is 32.3 Å². The smallest absolute Gasteiger partial charge is 0.255 e. The van der Waals surface area contributed by atoms with Crippen LogP contribution in [0.3, 0.4) is 0 Å². The minimum atomic E-state index is -4.55. The van der Waals surface area contributed by atoms with Crippen LogP contribution < -0.4 is 0 Å². The number of fused-ring (bicyclic) bond motifs is 1. The Morgan fingerprint density at radius 1 is 0.829 bits per heavy atom. The van der Waals surface area contributed by atoms with Gasteiger partial charge in [-0.3, -0.25) is 4.98 Å². The summed E-state index contributed by atoms with van der Waals surface area (Å²) in [6.07, 6.45) is -2.55. The van der Waals surface area contributed by atoms with Crippen LogP contribution in [-0.4, -0.2) is 19.2 Å². The van der Waals surface area contributed by atoms with Gasteiger partial charge in [0.2, 0.25) is 0 Å². The predicted molar refractivity (Wildman–Crippen MR) is 159 cm³/mol. The van der Waals surface area contributed by atoms with Crippen LogP contribution in [0, 0.1) is 5.92 Å². The molecule has 0 saturated heterocycles. The molecule has 41 heavy (non-hydrogen) atoms. The van der Waals surface area contributed by atoms with E-state index in [1.54, 1.807) is 18.2 Å². The number of nitrogens with zero attached hydrogens (tertiary/aromatic N) is 1. The second kappa shape index (κ2) is 11.3. The van der Waals surface area contributed by atoms with Crippen molar-refractivity contribution in [1.82, 2.24) is 4.98 Å². The zero-order chi connectivity index (χ0) is 29.4. The van der Waals surface area contributed by atoms with Crippen molar-refractivity contribution < 1.29 is 21.6 Å². The van der Waals surface area contributed by atoms with Crippen molar-refractivity contribution in [1.29, 1.82) is 0 Å². The Kier molecular flexibility index (Phi) is 7.95. The second-order valence-electron chi connectivity index (χ2n) is 10.4. The molecule has 5 aromatic rings. The molecule has 1 aromatic heterocycles. The topological polar surface area (TPSA) is 47.0 Å². The number of rotatable bonds is 7. The average Bonchev–Trinajstić information content (AvgIpc) is 2.91. The first-order valence-corrected chi connectivity index (χ1v) is 15.1. The largest absolute Gasteiger partial charge is 0.418 e. The number of pyridine rings is 1. The molecule has 4 aromatic carbocycles. The average molecular weight is 594 g/mol. The molecule has 0 bridgehead atoms. The van der Waals surface area contributed by atoms with E-state index in [0.29, 0.717) is 28.5 Å². The van der Waals surface area contributed by atoms with E-state index in [1.807, 2.05) is 68.4 Å². The number of aromatic nitrogens is 1. The Morgan fingerprint density at radius 2 is 1.51 bits per heavy atom. The summed E-state index contributed by atoms with van der Waals surface area (Å²) in [7, 11) is -3.55. The van der Waals surface area contributed by atoms with Gasteiger partial charge in [0.1, 0.15) is 0 Å².